The molecule has 0 fully saturated rings. The number of methoxy groups -OCH3 is 1. The number of hydrogen-bond acceptors (Lipinski definition) is 6. The highest BCUT2D eigenvalue weighted by Crippen LogP contribution is 2.14. The molecular weight excluding hydrogens is 224 g/mol. The Morgan fingerprint density at radius 2 is 2.25 bits per heavy atom. The summed E-state index contributed by atoms with van der Waals surface area (Å²) in [5, 5.41) is 4.20. The summed E-state index contributed by atoms with van der Waals surface area (Å²) in [6.45, 7) is 2.70. The van der Waals surface area contributed by atoms with Gasteiger partial charge in [0.15, 0.2) is 0 Å². The quantitative estimate of drug-likeness (QED) is 0.878. The van der Waals surface area contributed by atoms with Crippen molar-refractivity contribution in [2.24, 2.45) is 0 Å². The van der Waals surface area contributed by atoms with Crippen molar-refractivity contribution in [3.05, 3.63) is 28.5 Å². The van der Waals surface area contributed by atoms with Gasteiger partial charge in [-0.05, 0) is 6.92 Å². The Morgan fingerprint density at radius 3 is 2.94 bits per heavy atom. The van der Waals surface area contributed by atoms with Crippen molar-refractivity contribution in [1.82, 2.24) is 15.0 Å². The molecule has 0 aromatic carbocycles. The monoisotopic (exact) mass is 236 g/mol. The Kier molecular flexibility index (Phi) is 3.31. The number of thiazole rings is 1. The SMILES string of the molecule is COc1cc(NCc2ncc(C)s2)ncn1. The molecule has 0 spiro atoms. The van der Waals surface area contributed by atoms with E-state index in [1.165, 1.54) is 11.2 Å². The number of ether oxygens (including phenoxy) is 1. The maximum Gasteiger partial charge on any atom is 0.218 e. The van der Waals surface area contributed by atoms with Crippen LogP contribution >= 0.6 is 11.3 Å². The zero-order valence-corrected chi connectivity index (χ0v) is 9.91. The molecule has 1 N–H and O–H groups in total. The highest BCUT2D eigenvalue weighted by molar-refractivity contribution is 7.11. The number of aromatic nitrogens is 3. The third-order valence-electron chi connectivity index (χ3n) is 1.94. The number of nitrogens with one attached hydrogen (secondary N) is 1. The number of aryl methyl sites for hydroxylation is 1. The van der Waals surface area contributed by atoms with Crippen molar-refractivity contribution in [3.63, 3.8) is 0 Å². The molecule has 6 heteroatoms. The second-order valence-electron chi connectivity index (χ2n) is 3.16. The third-order valence-corrected chi connectivity index (χ3v) is 2.85. The maximum absolute atomic E-state index is 5.01. The van der Waals surface area contributed by atoms with E-state index in [1.54, 1.807) is 24.5 Å². The largest absolute Gasteiger partial charge is 0.481 e. The van der Waals surface area contributed by atoms with Crippen LogP contribution in [-0.2, 0) is 6.54 Å². The van der Waals surface area contributed by atoms with Gasteiger partial charge in [0.05, 0.1) is 13.7 Å². The molecule has 0 aliphatic rings. The minimum Gasteiger partial charge on any atom is -0.481 e. The molecule has 0 radical (unpaired) electrons. The van der Waals surface area contributed by atoms with Crippen LogP contribution in [0.4, 0.5) is 5.82 Å². The van der Waals surface area contributed by atoms with Crippen LogP contribution < -0.4 is 10.1 Å². The average molecular weight is 236 g/mol. The summed E-state index contributed by atoms with van der Waals surface area (Å²) < 4.78 is 5.01. The van der Waals surface area contributed by atoms with Gasteiger partial charge in [-0.3, -0.25) is 0 Å². The minimum absolute atomic E-state index is 0.549. The molecule has 2 rings (SSSR count). The van der Waals surface area contributed by atoms with Crippen molar-refractivity contribution >= 4 is 17.2 Å². The van der Waals surface area contributed by atoms with Crippen molar-refractivity contribution in [2.75, 3.05) is 12.4 Å². The van der Waals surface area contributed by atoms with Crippen LogP contribution in [0.15, 0.2) is 18.6 Å². The lowest BCUT2D eigenvalue weighted by Gasteiger charge is -2.04. The fraction of sp³-hybridized carbons (Fsp3) is 0.300. The molecule has 0 aliphatic carbocycles. The summed E-state index contributed by atoms with van der Waals surface area (Å²) in [6.07, 6.45) is 3.33. The summed E-state index contributed by atoms with van der Waals surface area (Å²) in [6, 6.07) is 1.75. The fourth-order valence-corrected chi connectivity index (χ4v) is 1.92. The zero-order chi connectivity index (χ0) is 11.4. The predicted molar refractivity (Wildman–Crippen MR) is 62.8 cm³/mol. The Bertz CT molecular complexity index is 471. The van der Waals surface area contributed by atoms with Crippen molar-refractivity contribution in [2.45, 2.75) is 13.5 Å². The van der Waals surface area contributed by atoms with Crippen molar-refractivity contribution in [3.8, 4) is 5.88 Å². The van der Waals surface area contributed by atoms with Gasteiger partial charge in [-0.25, -0.2) is 15.0 Å². The van der Waals surface area contributed by atoms with E-state index in [4.69, 9.17) is 4.74 Å². The smallest absolute Gasteiger partial charge is 0.218 e. The topological polar surface area (TPSA) is 59.9 Å². The summed E-state index contributed by atoms with van der Waals surface area (Å²) in [7, 11) is 1.58. The lowest BCUT2D eigenvalue weighted by Crippen LogP contribution is -2.01. The van der Waals surface area contributed by atoms with Crippen LogP contribution in [0.2, 0.25) is 0 Å². The Morgan fingerprint density at radius 1 is 1.38 bits per heavy atom. The van der Waals surface area contributed by atoms with Gasteiger partial charge in [-0.2, -0.15) is 0 Å². The summed E-state index contributed by atoms with van der Waals surface area (Å²) >= 11 is 1.67. The number of hydrogen-bond donors (Lipinski definition) is 1. The van der Waals surface area contributed by atoms with Gasteiger partial charge in [-0.1, -0.05) is 0 Å². The number of anilines is 1. The summed E-state index contributed by atoms with van der Waals surface area (Å²) in [5.74, 6) is 1.28. The molecule has 0 aliphatic heterocycles. The molecule has 2 aromatic rings. The van der Waals surface area contributed by atoms with Crippen molar-refractivity contribution < 1.29 is 4.74 Å². The zero-order valence-electron chi connectivity index (χ0n) is 9.10. The first-order valence-corrected chi connectivity index (χ1v) is 5.61. The average Bonchev–Trinajstić information content (AvgIpc) is 2.73. The normalized spacial score (nSPS) is 10.1. The lowest BCUT2D eigenvalue weighted by atomic mass is 10.5. The van der Waals surface area contributed by atoms with Gasteiger partial charge in [0, 0.05) is 17.1 Å². The molecule has 16 heavy (non-hydrogen) atoms. The first-order valence-electron chi connectivity index (χ1n) is 4.79. The van der Waals surface area contributed by atoms with Gasteiger partial charge >= 0.3 is 0 Å². The van der Waals surface area contributed by atoms with Crippen LogP contribution in [-0.4, -0.2) is 22.1 Å². The third kappa shape index (κ3) is 2.66. The molecule has 2 heterocycles. The Hall–Kier alpha value is -1.69. The van der Waals surface area contributed by atoms with Gasteiger partial charge in [-0.15, -0.1) is 11.3 Å². The molecule has 0 saturated heterocycles. The van der Waals surface area contributed by atoms with E-state index in [1.807, 2.05) is 13.1 Å². The number of rotatable bonds is 4. The van der Waals surface area contributed by atoms with Gasteiger partial charge in [0.25, 0.3) is 0 Å². The van der Waals surface area contributed by atoms with Gasteiger partial charge in [0.1, 0.15) is 17.2 Å². The highest BCUT2D eigenvalue weighted by Gasteiger charge is 2.01. The highest BCUT2D eigenvalue weighted by atomic mass is 32.1. The summed E-state index contributed by atoms with van der Waals surface area (Å²) in [5.41, 5.74) is 0. The van der Waals surface area contributed by atoms with E-state index in [2.05, 4.69) is 20.3 Å². The minimum atomic E-state index is 0.549. The van der Waals surface area contributed by atoms with E-state index in [0.29, 0.717) is 12.4 Å². The molecule has 0 saturated carbocycles. The van der Waals surface area contributed by atoms with Crippen LogP contribution in [0.25, 0.3) is 0 Å². The summed E-state index contributed by atoms with van der Waals surface area (Å²) in [4.78, 5) is 13.5. The van der Waals surface area contributed by atoms with Gasteiger partial charge < -0.3 is 10.1 Å². The molecule has 0 bridgehead atoms. The van der Waals surface area contributed by atoms with E-state index >= 15 is 0 Å². The Labute approximate surface area is 97.5 Å². The van der Waals surface area contributed by atoms with Gasteiger partial charge in [0.2, 0.25) is 5.88 Å². The van der Waals surface area contributed by atoms with Crippen LogP contribution in [0.3, 0.4) is 0 Å². The number of nitrogens with zero attached hydrogens (tertiary/aromatic N) is 3. The first kappa shape index (κ1) is 10.8. The second kappa shape index (κ2) is 4.89. The van der Waals surface area contributed by atoms with Crippen LogP contribution in [0.5, 0.6) is 5.88 Å². The molecule has 84 valence electrons. The van der Waals surface area contributed by atoms with E-state index in [9.17, 15) is 0 Å². The standard InChI is InChI=1S/C10H12N4OS/c1-7-4-12-10(16-7)5-11-8-3-9(15-2)14-6-13-8/h3-4,6H,5H2,1-2H3,(H,11,13,14). The lowest BCUT2D eigenvalue weighted by molar-refractivity contribution is 0.397. The van der Waals surface area contributed by atoms with E-state index in [-0.39, 0.29) is 0 Å². The molecule has 0 unspecified atom stereocenters. The molecular formula is C10H12N4OS. The molecule has 0 amide bonds. The predicted octanol–water partition coefficient (Wildman–Crippen LogP) is 1.86. The van der Waals surface area contributed by atoms with Crippen molar-refractivity contribution in [1.29, 1.82) is 0 Å². The molecule has 2 aromatic heterocycles. The van der Waals surface area contributed by atoms with Crippen LogP contribution in [0.1, 0.15) is 9.88 Å². The fourth-order valence-electron chi connectivity index (χ4n) is 1.20. The molecule has 5 nitrogen and oxygen atoms in total. The maximum atomic E-state index is 5.01. The Balaban J connectivity index is 1.99. The van der Waals surface area contributed by atoms with E-state index in [0.717, 1.165) is 10.8 Å². The van der Waals surface area contributed by atoms with E-state index < -0.39 is 0 Å². The first-order chi connectivity index (χ1) is 7.78. The molecule has 0 atom stereocenters. The van der Waals surface area contributed by atoms with Crippen LogP contribution in [0, 0.1) is 6.92 Å². The second-order valence-corrected chi connectivity index (χ2v) is 4.48.